The first-order valence-electron chi connectivity index (χ1n) is 15.8. The standard InChI is InChI=1S/C18H26N2O3.C17H24N2O3.CH3I/c1-11(13(3)22-7)20-12(2)15(17(21)23-18(4,5)6)14-9-8-10-19-16(14)20;1-10(12(3)20)19-11(2)14(16(21)22-17(4,5)6)13-8-7-9-18-15(13)19;1-2/h8-11,13H,1-7H3;7-10,12,20H,1-6H3;1H3. The van der Waals surface area contributed by atoms with Gasteiger partial charge < -0.3 is 28.5 Å². The Morgan fingerprint density at radius 2 is 1.11 bits per heavy atom. The zero-order valence-corrected chi connectivity index (χ0v) is 32.6. The van der Waals surface area contributed by atoms with Crippen molar-refractivity contribution in [3.05, 3.63) is 59.2 Å². The summed E-state index contributed by atoms with van der Waals surface area (Å²) in [5.41, 5.74) is 3.09. The SMILES string of the molecule is CI.COC(C)C(C)n1c(C)c(C(=O)OC(C)(C)C)c2cccnc21.Cc1c(C(=O)OC(C)(C)C)c2cccnc2n1C(C)C(C)O. The Morgan fingerprint density at radius 1 is 0.745 bits per heavy atom. The van der Waals surface area contributed by atoms with Crippen molar-refractivity contribution in [1.82, 2.24) is 19.1 Å². The molecule has 0 aromatic carbocycles. The maximum absolute atomic E-state index is 12.7. The molecular formula is C36H53IN4O6. The predicted molar refractivity (Wildman–Crippen MR) is 197 cm³/mol. The predicted octanol–water partition coefficient (Wildman–Crippen LogP) is 8.19. The number of rotatable bonds is 7. The van der Waals surface area contributed by atoms with E-state index in [9.17, 15) is 14.7 Å². The molecule has 0 spiro atoms. The number of carbonyl (C=O) groups is 2. The summed E-state index contributed by atoms with van der Waals surface area (Å²) < 4.78 is 20.5. The molecule has 0 amide bonds. The lowest BCUT2D eigenvalue weighted by atomic mass is 10.1. The van der Waals surface area contributed by atoms with E-state index in [1.807, 2.05) is 96.9 Å². The molecule has 4 aromatic rings. The van der Waals surface area contributed by atoms with Crippen molar-refractivity contribution in [3.8, 4) is 0 Å². The monoisotopic (exact) mass is 764 g/mol. The Kier molecular flexibility index (Phi) is 14.0. The number of ether oxygens (including phenoxy) is 3. The number of pyridine rings is 2. The minimum atomic E-state index is -0.559. The number of methoxy groups -OCH3 is 1. The topological polar surface area (TPSA) is 118 Å². The summed E-state index contributed by atoms with van der Waals surface area (Å²) in [7, 11) is 1.68. The molecule has 4 unspecified atom stereocenters. The molecule has 11 heteroatoms. The molecule has 0 aliphatic carbocycles. The van der Waals surface area contributed by atoms with Gasteiger partial charge in [-0.1, -0.05) is 22.6 Å². The van der Waals surface area contributed by atoms with E-state index in [2.05, 4.69) is 44.0 Å². The van der Waals surface area contributed by atoms with Gasteiger partial charge in [-0.3, -0.25) is 0 Å². The number of nitrogens with zero attached hydrogens (tertiary/aromatic N) is 4. The van der Waals surface area contributed by atoms with Gasteiger partial charge in [0.2, 0.25) is 0 Å². The van der Waals surface area contributed by atoms with Crippen LogP contribution in [0.25, 0.3) is 22.1 Å². The average Bonchev–Trinajstić information content (AvgIpc) is 3.45. The largest absolute Gasteiger partial charge is 0.456 e. The Labute approximate surface area is 293 Å². The second-order valence-corrected chi connectivity index (χ2v) is 13.6. The molecule has 260 valence electrons. The molecule has 4 aromatic heterocycles. The summed E-state index contributed by atoms with van der Waals surface area (Å²) in [4.78, 5) is 36.1. The highest BCUT2D eigenvalue weighted by Gasteiger charge is 2.29. The molecule has 10 nitrogen and oxygen atoms in total. The van der Waals surface area contributed by atoms with Crippen LogP contribution in [0.1, 0.15) is 113 Å². The molecule has 4 heterocycles. The van der Waals surface area contributed by atoms with E-state index >= 15 is 0 Å². The smallest absolute Gasteiger partial charge is 0.341 e. The number of carbonyl (C=O) groups excluding carboxylic acids is 2. The van der Waals surface area contributed by atoms with Crippen molar-refractivity contribution >= 4 is 56.6 Å². The first kappa shape index (κ1) is 40.1. The quantitative estimate of drug-likeness (QED) is 0.114. The van der Waals surface area contributed by atoms with Crippen LogP contribution in [0, 0.1) is 13.8 Å². The van der Waals surface area contributed by atoms with Crippen LogP contribution < -0.4 is 0 Å². The summed E-state index contributed by atoms with van der Waals surface area (Å²) in [6, 6.07) is 7.27. The van der Waals surface area contributed by atoms with Crippen molar-refractivity contribution < 1.29 is 28.9 Å². The van der Waals surface area contributed by atoms with E-state index in [1.165, 1.54) is 0 Å². The van der Waals surface area contributed by atoms with Gasteiger partial charge >= 0.3 is 11.9 Å². The summed E-state index contributed by atoms with van der Waals surface area (Å²) in [5, 5.41) is 11.5. The van der Waals surface area contributed by atoms with E-state index in [4.69, 9.17) is 14.2 Å². The summed E-state index contributed by atoms with van der Waals surface area (Å²) in [5.74, 6) is -0.677. The third kappa shape index (κ3) is 9.54. The van der Waals surface area contributed by atoms with Gasteiger partial charge in [0, 0.05) is 41.7 Å². The van der Waals surface area contributed by atoms with Gasteiger partial charge in [-0.25, -0.2) is 19.6 Å². The lowest BCUT2D eigenvalue weighted by Gasteiger charge is -2.23. The molecule has 4 rings (SSSR count). The molecule has 0 bridgehead atoms. The zero-order chi connectivity index (χ0) is 36.0. The normalized spacial score (nSPS) is 14.3. The summed E-state index contributed by atoms with van der Waals surface area (Å²) in [6.07, 6.45) is 2.87. The van der Waals surface area contributed by atoms with Crippen molar-refractivity contribution in [1.29, 1.82) is 0 Å². The van der Waals surface area contributed by atoms with Crippen molar-refractivity contribution in [2.45, 2.75) is 119 Å². The van der Waals surface area contributed by atoms with Gasteiger partial charge in [0.1, 0.15) is 22.5 Å². The molecule has 47 heavy (non-hydrogen) atoms. The van der Waals surface area contributed by atoms with Crippen LogP contribution in [0.2, 0.25) is 0 Å². The number of hydrogen-bond acceptors (Lipinski definition) is 8. The van der Waals surface area contributed by atoms with Gasteiger partial charge in [0.05, 0.1) is 35.4 Å². The average molecular weight is 765 g/mol. The highest BCUT2D eigenvalue weighted by Crippen LogP contribution is 2.32. The number of alkyl halides is 1. The number of hydrogen-bond donors (Lipinski definition) is 1. The molecule has 0 aliphatic heterocycles. The van der Waals surface area contributed by atoms with Gasteiger partial charge in [0.15, 0.2) is 0 Å². The van der Waals surface area contributed by atoms with E-state index < -0.39 is 17.3 Å². The molecule has 0 fully saturated rings. The maximum Gasteiger partial charge on any atom is 0.341 e. The minimum absolute atomic E-state index is 0.00204. The van der Waals surface area contributed by atoms with Crippen LogP contribution >= 0.6 is 22.6 Å². The van der Waals surface area contributed by atoms with E-state index in [1.54, 1.807) is 32.5 Å². The Morgan fingerprint density at radius 3 is 1.43 bits per heavy atom. The van der Waals surface area contributed by atoms with Gasteiger partial charge in [0.25, 0.3) is 0 Å². The van der Waals surface area contributed by atoms with E-state index in [-0.39, 0.29) is 30.1 Å². The third-order valence-electron chi connectivity index (χ3n) is 7.78. The Bertz CT molecular complexity index is 1660. The second kappa shape index (κ2) is 16.4. The summed E-state index contributed by atoms with van der Waals surface area (Å²) >= 11 is 2.15. The van der Waals surface area contributed by atoms with Crippen LogP contribution in [-0.2, 0) is 14.2 Å². The zero-order valence-electron chi connectivity index (χ0n) is 30.4. The number of fused-ring (bicyclic) bond motifs is 2. The van der Waals surface area contributed by atoms with Crippen molar-refractivity contribution in [2.24, 2.45) is 0 Å². The summed E-state index contributed by atoms with van der Waals surface area (Å²) in [6.45, 7) is 22.6. The van der Waals surface area contributed by atoms with Gasteiger partial charge in [-0.15, -0.1) is 0 Å². The second-order valence-electron chi connectivity index (χ2n) is 13.6. The number of aliphatic hydroxyl groups excluding tert-OH is 1. The van der Waals surface area contributed by atoms with E-state index in [0.29, 0.717) is 16.8 Å². The molecule has 4 atom stereocenters. The van der Waals surface area contributed by atoms with Crippen LogP contribution in [0.3, 0.4) is 0 Å². The lowest BCUT2D eigenvalue weighted by molar-refractivity contribution is 0.00575. The number of esters is 2. The Hall–Kier alpha value is -3.03. The first-order valence-corrected chi connectivity index (χ1v) is 17.9. The fourth-order valence-electron chi connectivity index (χ4n) is 5.31. The number of aliphatic hydroxyl groups is 1. The van der Waals surface area contributed by atoms with Gasteiger partial charge in [-0.2, -0.15) is 0 Å². The van der Waals surface area contributed by atoms with Crippen molar-refractivity contribution in [2.75, 3.05) is 12.0 Å². The van der Waals surface area contributed by atoms with E-state index in [0.717, 1.165) is 27.8 Å². The molecule has 1 N–H and O–H groups in total. The van der Waals surface area contributed by atoms with Crippen LogP contribution in [0.4, 0.5) is 0 Å². The maximum atomic E-state index is 12.7. The molecule has 0 aliphatic rings. The van der Waals surface area contributed by atoms with Crippen LogP contribution in [0.15, 0.2) is 36.7 Å². The number of aromatic nitrogens is 4. The molecule has 0 saturated carbocycles. The Balaban J connectivity index is 0.000000311. The lowest BCUT2D eigenvalue weighted by Crippen LogP contribution is -2.25. The van der Waals surface area contributed by atoms with Crippen LogP contribution in [-0.4, -0.2) is 71.6 Å². The van der Waals surface area contributed by atoms with Crippen LogP contribution in [0.5, 0.6) is 0 Å². The fourth-order valence-corrected chi connectivity index (χ4v) is 5.31. The molecule has 0 radical (unpaired) electrons. The third-order valence-corrected chi connectivity index (χ3v) is 7.78. The molecular weight excluding hydrogens is 711 g/mol. The number of halogens is 1. The minimum Gasteiger partial charge on any atom is -0.456 e. The highest BCUT2D eigenvalue weighted by atomic mass is 127. The van der Waals surface area contributed by atoms with Crippen molar-refractivity contribution in [3.63, 3.8) is 0 Å². The highest BCUT2D eigenvalue weighted by molar-refractivity contribution is 14.1. The fraction of sp³-hybridized carbons (Fsp3) is 0.556. The van der Waals surface area contributed by atoms with Gasteiger partial charge in [-0.05, 0) is 112 Å². The molecule has 0 saturated heterocycles. The first-order chi connectivity index (χ1) is 21.8.